The predicted octanol–water partition coefficient (Wildman–Crippen LogP) is 0.875. The summed E-state index contributed by atoms with van der Waals surface area (Å²) in [6, 6.07) is 1.41. The smallest absolute Gasteiger partial charge is 0.0429 e. The van der Waals surface area contributed by atoms with E-state index in [0.29, 0.717) is 6.04 Å². The molecule has 1 aliphatic heterocycles. The standard InChI is InChI=1S/C6H11N/c1-4-6-5(2)7(6)3/h4-6H,1H2,2-3H3/t5-,6-,7?/m0/s1. The average Bonchev–Trinajstić information content (AvgIpc) is 2.17. The Kier molecular flexibility index (Phi) is 0.927. The largest absolute Gasteiger partial charge is 0.294 e. The van der Waals surface area contributed by atoms with E-state index < -0.39 is 0 Å². The van der Waals surface area contributed by atoms with Gasteiger partial charge in [-0.15, -0.1) is 6.58 Å². The summed E-state index contributed by atoms with van der Waals surface area (Å²) in [5, 5.41) is 0. The average molecular weight is 97.2 g/mol. The van der Waals surface area contributed by atoms with E-state index in [9.17, 15) is 0 Å². The van der Waals surface area contributed by atoms with Crippen molar-refractivity contribution in [2.75, 3.05) is 7.05 Å². The molecule has 1 saturated heterocycles. The third kappa shape index (κ3) is 0.570. The first kappa shape index (κ1) is 4.85. The number of rotatable bonds is 1. The van der Waals surface area contributed by atoms with Gasteiger partial charge in [0, 0.05) is 12.1 Å². The fourth-order valence-electron chi connectivity index (χ4n) is 0.887. The molecule has 1 aliphatic rings. The van der Waals surface area contributed by atoms with Crippen LogP contribution in [0.1, 0.15) is 6.92 Å². The third-order valence-corrected chi connectivity index (χ3v) is 1.76. The van der Waals surface area contributed by atoms with Gasteiger partial charge in [-0.25, -0.2) is 0 Å². The highest BCUT2D eigenvalue weighted by molar-refractivity contribution is 5.07. The summed E-state index contributed by atoms with van der Waals surface area (Å²) < 4.78 is 0. The van der Waals surface area contributed by atoms with Crippen LogP contribution in [0.4, 0.5) is 0 Å². The molecule has 1 fully saturated rings. The van der Waals surface area contributed by atoms with E-state index in [1.165, 1.54) is 0 Å². The van der Waals surface area contributed by atoms with Gasteiger partial charge in [-0.3, -0.25) is 4.90 Å². The molecule has 0 N–H and O–H groups in total. The lowest BCUT2D eigenvalue weighted by atomic mass is 10.3. The molecule has 40 valence electrons. The first-order valence-electron chi connectivity index (χ1n) is 2.62. The Morgan fingerprint density at radius 2 is 2.14 bits per heavy atom. The molecule has 0 bridgehead atoms. The second-order valence-electron chi connectivity index (χ2n) is 2.13. The maximum Gasteiger partial charge on any atom is 0.0429 e. The molecule has 1 rings (SSSR count). The monoisotopic (exact) mass is 97.1 g/mol. The van der Waals surface area contributed by atoms with Gasteiger partial charge >= 0.3 is 0 Å². The van der Waals surface area contributed by atoms with Crippen LogP contribution in [0.3, 0.4) is 0 Å². The summed E-state index contributed by atoms with van der Waals surface area (Å²) in [6.45, 7) is 5.88. The molecule has 0 saturated carbocycles. The second kappa shape index (κ2) is 1.34. The first-order chi connectivity index (χ1) is 3.27. The molecule has 0 aromatic carbocycles. The fourth-order valence-corrected chi connectivity index (χ4v) is 0.887. The van der Waals surface area contributed by atoms with Crippen LogP contribution in [0.25, 0.3) is 0 Å². The minimum Gasteiger partial charge on any atom is -0.294 e. The summed E-state index contributed by atoms with van der Waals surface area (Å²) in [6.07, 6.45) is 1.99. The molecule has 1 heterocycles. The summed E-state index contributed by atoms with van der Waals surface area (Å²) in [7, 11) is 2.11. The Morgan fingerprint density at radius 3 is 2.14 bits per heavy atom. The van der Waals surface area contributed by atoms with Crippen molar-refractivity contribution < 1.29 is 0 Å². The van der Waals surface area contributed by atoms with Gasteiger partial charge in [-0.2, -0.15) is 0 Å². The zero-order valence-electron chi connectivity index (χ0n) is 4.89. The third-order valence-electron chi connectivity index (χ3n) is 1.76. The van der Waals surface area contributed by atoms with Crippen LogP contribution in [0.5, 0.6) is 0 Å². The van der Waals surface area contributed by atoms with Gasteiger partial charge in [0.2, 0.25) is 0 Å². The maximum atomic E-state index is 3.68. The molecule has 0 spiro atoms. The van der Waals surface area contributed by atoms with Crippen molar-refractivity contribution >= 4 is 0 Å². The highest BCUT2D eigenvalue weighted by Gasteiger charge is 2.36. The lowest BCUT2D eigenvalue weighted by molar-refractivity contribution is 0.618. The highest BCUT2D eigenvalue weighted by atomic mass is 15.3. The van der Waals surface area contributed by atoms with Crippen molar-refractivity contribution in [2.24, 2.45) is 0 Å². The van der Waals surface area contributed by atoms with E-state index in [1.807, 2.05) is 6.08 Å². The quantitative estimate of drug-likeness (QED) is 0.346. The molecule has 1 nitrogen and oxygen atoms in total. The van der Waals surface area contributed by atoms with Gasteiger partial charge in [-0.1, -0.05) is 6.08 Å². The number of hydrogen-bond acceptors (Lipinski definition) is 1. The van der Waals surface area contributed by atoms with Crippen LogP contribution in [0.2, 0.25) is 0 Å². The maximum absolute atomic E-state index is 3.68. The number of hydrogen-bond donors (Lipinski definition) is 0. The Labute approximate surface area is 44.6 Å². The van der Waals surface area contributed by atoms with Crippen molar-refractivity contribution in [3.8, 4) is 0 Å². The molecule has 1 heteroatoms. The van der Waals surface area contributed by atoms with Crippen LogP contribution in [0, 0.1) is 0 Å². The van der Waals surface area contributed by atoms with Gasteiger partial charge in [0.1, 0.15) is 0 Å². The fraction of sp³-hybridized carbons (Fsp3) is 0.667. The highest BCUT2D eigenvalue weighted by Crippen LogP contribution is 2.24. The molecule has 0 amide bonds. The van der Waals surface area contributed by atoms with Gasteiger partial charge in [0.15, 0.2) is 0 Å². The molecular formula is C6H11N. The molecule has 1 unspecified atom stereocenters. The molecule has 0 aliphatic carbocycles. The lowest BCUT2D eigenvalue weighted by Gasteiger charge is -1.78. The summed E-state index contributed by atoms with van der Waals surface area (Å²) in [4.78, 5) is 2.27. The molecule has 7 heavy (non-hydrogen) atoms. The minimum absolute atomic E-state index is 0.667. The zero-order chi connectivity index (χ0) is 5.44. The molecule has 0 aromatic heterocycles. The summed E-state index contributed by atoms with van der Waals surface area (Å²) >= 11 is 0. The Bertz CT molecular complexity index is 80.2. The molecular weight excluding hydrogens is 86.1 g/mol. The number of nitrogens with zero attached hydrogens (tertiary/aromatic N) is 1. The van der Waals surface area contributed by atoms with Crippen molar-refractivity contribution in [3.05, 3.63) is 12.7 Å². The second-order valence-corrected chi connectivity index (χ2v) is 2.13. The van der Waals surface area contributed by atoms with Gasteiger partial charge in [-0.05, 0) is 14.0 Å². The van der Waals surface area contributed by atoms with Gasteiger partial charge < -0.3 is 0 Å². The van der Waals surface area contributed by atoms with Gasteiger partial charge in [0.05, 0.1) is 0 Å². The van der Waals surface area contributed by atoms with E-state index in [0.717, 1.165) is 6.04 Å². The van der Waals surface area contributed by atoms with Crippen molar-refractivity contribution in [3.63, 3.8) is 0 Å². The van der Waals surface area contributed by atoms with Crippen LogP contribution in [0.15, 0.2) is 12.7 Å². The number of likely N-dealkylation sites (N-methyl/N-ethyl adjacent to an activating group) is 1. The van der Waals surface area contributed by atoms with Crippen LogP contribution in [-0.2, 0) is 0 Å². The molecule has 0 aromatic rings. The minimum atomic E-state index is 0.667. The van der Waals surface area contributed by atoms with E-state index in [2.05, 4.69) is 25.5 Å². The van der Waals surface area contributed by atoms with Gasteiger partial charge in [0.25, 0.3) is 0 Å². The first-order valence-corrected chi connectivity index (χ1v) is 2.62. The van der Waals surface area contributed by atoms with E-state index >= 15 is 0 Å². The zero-order valence-corrected chi connectivity index (χ0v) is 4.89. The normalized spacial score (nSPS) is 48.6. The Morgan fingerprint density at radius 1 is 1.71 bits per heavy atom. The van der Waals surface area contributed by atoms with E-state index in [1.54, 1.807) is 0 Å². The van der Waals surface area contributed by atoms with Crippen LogP contribution in [-0.4, -0.2) is 24.0 Å². The van der Waals surface area contributed by atoms with E-state index in [4.69, 9.17) is 0 Å². The Hall–Kier alpha value is -0.300. The molecule has 0 radical (unpaired) electrons. The lowest BCUT2D eigenvalue weighted by Crippen LogP contribution is -1.86. The van der Waals surface area contributed by atoms with Crippen LogP contribution < -0.4 is 0 Å². The summed E-state index contributed by atoms with van der Waals surface area (Å²) in [5.41, 5.74) is 0. The topological polar surface area (TPSA) is 3.01 Å². The predicted molar refractivity (Wildman–Crippen MR) is 31.2 cm³/mol. The van der Waals surface area contributed by atoms with Crippen molar-refractivity contribution in [1.29, 1.82) is 0 Å². The van der Waals surface area contributed by atoms with Crippen LogP contribution >= 0.6 is 0 Å². The van der Waals surface area contributed by atoms with Crippen molar-refractivity contribution in [2.45, 2.75) is 19.0 Å². The van der Waals surface area contributed by atoms with E-state index in [-0.39, 0.29) is 0 Å². The SMILES string of the molecule is C=C[C@H]1[C@H](C)N1C. The Balaban J connectivity index is 2.37. The van der Waals surface area contributed by atoms with Crippen molar-refractivity contribution in [1.82, 2.24) is 4.90 Å². The molecule has 3 atom stereocenters. The summed E-state index contributed by atoms with van der Waals surface area (Å²) in [5.74, 6) is 0.